The van der Waals surface area contributed by atoms with Crippen molar-refractivity contribution in [3.63, 3.8) is 0 Å². The van der Waals surface area contributed by atoms with Crippen molar-refractivity contribution >= 4 is 0 Å². The van der Waals surface area contributed by atoms with E-state index in [-0.39, 0.29) is 5.56 Å². The molecule has 0 aliphatic rings. The number of aryl methyl sites for hydroxylation is 1. The number of aromatic amines is 1. The number of H-pyrrole nitrogens is 1. The molecular weight excluding hydrogens is 224 g/mol. The lowest BCUT2D eigenvalue weighted by Crippen LogP contribution is -2.07. The van der Waals surface area contributed by atoms with Crippen LogP contribution in [0.3, 0.4) is 0 Å². The maximum atomic E-state index is 12.0. The maximum Gasteiger partial charge on any atom is 0.267 e. The van der Waals surface area contributed by atoms with Crippen LogP contribution >= 0.6 is 0 Å². The van der Waals surface area contributed by atoms with Crippen molar-refractivity contribution in [3.8, 4) is 5.69 Å². The molecule has 1 aromatic carbocycles. The molecular formula is C15H20N2O. The third-order valence-electron chi connectivity index (χ3n) is 3.30. The molecule has 0 bridgehead atoms. The van der Waals surface area contributed by atoms with Crippen LogP contribution in [0.2, 0.25) is 0 Å². The van der Waals surface area contributed by atoms with Crippen LogP contribution < -0.4 is 5.56 Å². The van der Waals surface area contributed by atoms with E-state index in [4.69, 9.17) is 0 Å². The minimum absolute atomic E-state index is 0.0456. The molecule has 0 aliphatic carbocycles. The summed E-state index contributed by atoms with van der Waals surface area (Å²) < 4.78 is 1.96. The van der Waals surface area contributed by atoms with Crippen LogP contribution in [-0.4, -0.2) is 9.78 Å². The molecule has 0 saturated heterocycles. The molecule has 0 fully saturated rings. The first-order chi connectivity index (χ1) is 8.69. The summed E-state index contributed by atoms with van der Waals surface area (Å²) in [7, 11) is 0. The fourth-order valence-corrected chi connectivity index (χ4v) is 2.39. The average Bonchev–Trinajstić information content (AvgIpc) is 2.67. The molecule has 3 nitrogen and oxygen atoms in total. The third-order valence-corrected chi connectivity index (χ3v) is 3.30. The quantitative estimate of drug-likeness (QED) is 0.882. The molecule has 0 saturated carbocycles. The summed E-state index contributed by atoms with van der Waals surface area (Å²) in [5, 5.41) is 2.97. The lowest BCUT2D eigenvalue weighted by atomic mass is 10.1. The van der Waals surface area contributed by atoms with E-state index in [1.54, 1.807) is 0 Å². The zero-order valence-corrected chi connectivity index (χ0v) is 11.3. The van der Waals surface area contributed by atoms with Crippen LogP contribution in [0.4, 0.5) is 0 Å². The fraction of sp³-hybridized carbons (Fsp3) is 0.400. The van der Waals surface area contributed by atoms with Gasteiger partial charge in [-0.25, -0.2) is 0 Å². The fourth-order valence-electron chi connectivity index (χ4n) is 2.39. The van der Waals surface area contributed by atoms with Gasteiger partial charge >= 0.3 is 0 Å². The van der Waals surface area contributed by atoms with Gasteiger partial charge in [-0.15, -0.1) is 0 Å². The summed E-state index contributed by atoms with van der Waals surface area (Å²) in [5.41, 5.74) is 4.32. The smallest absolute Gasteiger partial charge is 0.267 e. The predicted molar refractivity (Wildman–Crippen MR) is 74.5 cm³/mol. The van der Waals surface area contributed by atoms with Gasteiger partial charge in [0.2, 0.25) is 0 Å². The van der Waals surface area contributed by atoms with Gasteiger partial charge in [0.05, 0.1) is 5.69 Å². The zero-order valence-electron chi connectivity index (χ0n) is 11.3. The number of aromatic nitrogens is 2. The standard InChI is InChI=1S/C15H20N2O/c1-4-8-14-12(5-2)15(18)16-17(14)13-10-7-6-9-11(13)3/h6-7,9-10H,4-5,8H2,1-3H3,(H,16,18). The number of rotatable bonds is 4. The highest BCUT2D eigenvalue weighted by Gasteiger charge is 2.14. The topological polar surface area (TPSA) is 37.8 Å². The molecule has 0 spiro atoms. The molecule has 2 rings (SSSR count). The minimum Gasteiger partial charge on any atom is -0.268 e. The second kappa shape index (κ2) is 5.25. The van der Waals surface area contributed by atoms with Crippen LogP contribution in [0.15, 0.2) is 29.1 Å². The molecule has 0 radical (unpaired) electrons. The van der Waals surface area contributed by atoms with Crippen molar-refractivity contribution in [1.82, 2.24) is 9.78 Å². The Kier molecular flexibility index (Phi) is 3.70. The van der Waals surface area contributed by atoms with Crippen LogP contribution in [0.1, 0.15) is 37.1 Å². The van der Waals surface area contributed by atoms with E-state index in [0.29, 0.717) is 0 Å². The summed E-state index contributed by atoms with van der Waals surface area (Å²) >= 11 is 0. The van der Waals surface area contributed by atoms with Gasteiger partial charge in [0.15, 0.2) is 0 Å². The van der Waals surface area contributed by atoms with Gasteiger partial charge in [-0.1, -0.05) is 38.5 Å². The van der Waals surface area contributed by atoms with Crippen molar-refractivity contribution < 1.29 is 0 Å². The van der Waals surface area contributed by atoms with Crippen LogP contribution in [0, 0.1) is 6.92 Å². The van der Waals surface area contributed by atoms with E-state index in [1.165, 1.54) is 5.56 Å². The highest BCUT2D eigenvalue weighted by molar-refractivity contribution is 5.41. The SMILES string of the molecule is CCCc1c(CC)c(=O)[nH]n1-c1ccccc1C. The lowest BCUT2D eigenvalue weighted by Gasteiger charge is -2.11. The molecule has 3 heteroatoms. The molecule has 96 valence electrons. The second-order valence-corrected chi connectivity index (χ2v) is 4.59. The Morgan fingerprint density at radius 1 is 1.22 bits per heavy atom. The monoisotopic (exact) mass is 244 g/mol. The Bertz CT molecular complexity index is 593. The molecule has 0 aliphatic heterocycles. The summed E-state index contributed by atoms with van der Waals surface area (Å²) in [6.45, 7) is 6.24. The van der Waals surface area contributed by atoms with Gasteiger partial charge in [0.1, 0.15) is 0 Å². The molecule has 1 aromatic heterocycles. The Morgan fingerprint density at radius 3 is 2.56 bits per heavy atom. The lowest BCUT2D eigenvalue weighted by molar-refractivity contribution is 0.761. The Labute approximate surface area is 107 Å². The van der Waals surface area contributed by atoms with Gasteiger partial charge in [0.25, 0.3) is 5.56 Å². The van der Waals surface area contributed by atoms with Crippen molar-refractivity contribution in [2.24, 2.45) is 0 Å². The van der Waals surface area contributed by atoms with Crippen LogP contribution in [0.5, 0.6) is 0 Å². The van der Waals surface area contributed by atoms with Gasteiger partial charge in [0, 0.05) is 11.3 Å². The zero-order chi connectivity index (χ0) is 13.1. The summed E-state index contributed by atoms with van der Waals surface area (Å²) in [4.78, 5) is 12.0. The Balaban J connectivity index is 2.64. The molecule has 1 heterocycles. The molecule has 1 N–H and O–H groups in total. The van der Waals surface area contributed by atoms with Gasteiger partial charge in [-0.05, 0) is 31.4 Å². The molecule has 0 atom stereocenters. The van der Waals surface area contributed by atoms with E-state index in [0.717, 1.165) is 36.2 Å². The first-order valence-electron chi connectivity index (χ1n) is 6.57. The highest BCUT2D eigenvalue weighted by Crippen LogP contribution is 2.17. The largest absolute Gasteiger partial charge is 0.268 e. The van der Waals surface area contributed by atoms with Gasteiger partial charge < -0.3 is 0 Å². The van der Waals surface area contributed by atoms with Gasteiger partial charge in [-0.3, -0.25) is 14.6 Å². The summed E-state index contributed by atoms with van der Waals surface area (Å²) in [6, 6.07) is 8.13. The molecule has 0 unspecified atom stereocenters. The van der Waals surface area contributed by atoms with E-state index < -0.39 is 0 Å². The first kappa shape index (κ1) is 12.7. The molecule has 2 aromatic rings. The van der Waals surface area contributed by atoms with Crippen molar-refractivity contribution in [3.05, 3.63) is 51.4 Å². The summed E-state index contributed by atoms with van der Waals surface area (Å²) in [6.07, 6.45) is 2.75. The number of hydrogen-bond donors (Lipinski definition) is 1. The van der Waals surface area contributed by atoms with Crippen molar-refractivity contribution in [2.45, 2.75) is 40.0 Å². The van der Waals surface area contributed by atoms with E-state index in [1.807, 2.05) is 29.8 Å². The van der Waals surface area contributed by atoms with E-state index >= 15 is 0 Å². The Morgan fingerprint density at radius 2 is 1.94 bits per heavy atom. The second-order valence-electron chi connectivity index (χ2n) is 4.59. The number of benzene rings is 1. The van der Waals surface area contributed by atoms with E-state index in [9.17, 15) is 4.79 Å². The molecule has 18 heavy (non-hydrogen) atoms. The average molecular weight is 244 g/mol. The normalized spacial score (nSPS) is 10.8. The van der Waals surface area contributed by atoms with Crippen molar-refractivity contribution in [1.29, 1.82) is 0 Å². The maximum absolute atomic E-state index is 12.0. The number of para-hydroxylation sites is 1. The Hall–Kier alpha value is -1.77. The number of nitrogens with zero attached hydrogens (tertiary/aromatic N) is 1. The number of nitrogens with one attached hydrogen (secondary N) is 1. The minimum atomic E-state index is 0.0456. The first-order valence-corrected chi connectivity index (χ1v) is 6.57. The highest BCUT2D eigenvalue weighted by atomic mass is 16.1. The van der Waals surface area contributed by atoms with Crippen molar-refractivity contribution in [2.75, 3.05) is 0 Å². The number of hydrogen-bond acceptors (Lipinski definition) is 1. The van der Waals surface area contributed by atoms with Crippen LogP contribution in [0.25, 0.3) is 5.69 Å². The predicted octanol–water partition coefficient (Wildman–Crippen LogP) is 2.99. The molecule has 0 amide bonds. The summed E-state index contributed by atoms with van der Waals surface area (Å²) in [5.74, 6) is 0. The van der Waals surface area contributed by atoms with Crippen LogP contribution in [-0.2, 0) is 12.8 Å². The third kappa shape index (κ3) is 2.13. The van der Waals surface area contributed by atoms with Gasteiger partial charge in [-0.2, -0.15) is 0 Å². The van der Waals surface area contributed by atoms with E-state index in [2.05, 4.69) is 25.0 Å².